The molecular formula is C6H10O4S. The van der Waals surface area contributed by atoms with Gasteiger partial charge in [-0.3, -0.25) is 13.8 Å². The molecule has 0 heterocycles. The Hall–Kier alpha value is -0.710. The van der Waals surface area contributed by atoms with Crippen LogP contribution in [-0.4, -0.2) is 28.2 Å². The summed E-state index contributed by atoms with van der Waals surface area (Å²) in [5, 5.41) is 0. The van der Waals surface area contributed by atoms with Gasteiger partial charge in [0.25, 0.3) is 0 Å². The van der Waals surface area contributed by atoms with Crippen molar-refractivity contribution < 1.29 is 18.5 Å². The molecule has 1 atom stereocenters. The van der Waals surface area contributed by atoms with Crippen LogP contribution < -0.4 is 0 Å². The summed E-state index contributed by atoms with van der Waals surface area (Å²) in [7, 11) is -1.01. The van der Waals surface area contributed by atoms with E-state index in [2.05, 4.69) is 4.74 Å². The molecule has 0 aromatic carbocycles. The number of carbonyl (C=O) groups excluding carboxylic acids is 2. The van der Waals surface area contributed by atoms with Crippen LogP contribution in [0.2, 0.25) is 0 Å². The molecule has 0 spiro atoms. The zero-order valence-corrected chi connectivity index (χ0v) is 7.27. The lowest BCUT2D eigenvalue weighted by molar-refractivity contribution is -0.157. The molecule has 0 amide bonds. The van der Waals surface area contributed by atoms with E-state index in [4.69, 9.17) is 0 Å². The van der Waals surface area contributed by atoms with Crippen LogP contribution in [0, 0.1) is 0 Å². The fourth-order valence-corrected chi connectivity index (χ4v) is 0.893. The van der Waals surface area contributed by atoms with Gasteiger partial charge in [0.2, 0.25) is 0 Å². The minimum absolute atomic E-state index is 0.0304. The molecule has 0 aliphatic heterocycles. The molecule has 1 unspecified atom stereocenters. The highest BCUT2D eigenvalue weighted by Crippen LogP contribution is 1.89. The molecule has 0 bridgehead atoms. The Labute approximate surface area is 67.4 Å². The van der Waals surface area contributed by atoms with E-state index >= 15 is 0 Å². The first kappa shape index (κ1) is 10.3. The predicted octanol–water partition coefficient (Wildman–Crippen LogP) is -0.155. The van der Waals surface area contributed by atoms with Crippen molar-refractivity contribution in [3.05, 3.63) is 0 Å². The third-order valence-electron chi connectivity index (χ3n) is 0.851. The maximum Gasteiger partial charge on any atom is 0.314 e. The first-order valence-corrected chi connectivity index (χ1v) is 4.76. The van der Waals surface area contributed by atoms with Crippen molar-refractivity contribution in [2.24, 2.45) is 0 Å². The molecule has 0 aliphatic rings. The van der Waals surface area contributed by atoms with E-state index in [9.17, 15) is 13.8 Å². The van der Waals surface area contributed by atoms with Crippen LogP contribution in [0.1, 0.15) is 13.3 Å². The third kappa shape index (κ3) is 7.18. The summed E-state index contributed by atoms with van der Waals surface area (Å²) < 4.78 is 14.6. The fourth-order valence-electron chi connectivity index (χ4n) is 0.438. The number of esters is 2. The van der Waals surface area contributed by atoms with Crippen molar-refractivity contribution in [3.8, 4) is 0 Å². The van der Waals surface area contributed by atoms with Crippen molar-refractivity contribution in [2.45, 2.75) is 13.3 Å². The molecule has 4 nitrogen and oxygen atoms in total. The third-order valence-corrected chi connectivity index (χ3v) is 1.63. The highest BCUT2D eigenvalue weighted by Gasteiger charge is 2.05. The van der Waals surface area contributed by atoms with Gasteiger partial charge in [-0.15, -0.1) is 0 Å². The molecule has 0 aliphatic carbocycles. The Morgan fingerprint density at radius 1 is 1.45 bits per heavy atom. The van der Waals surface area contributed by atoms with Gasteiger partial charge < -0.3 is 4.74 Å². The number of hydrogen-bond donors (Lipinski definition) is 0. The quantitative estimate of drug-likeness (QED) is 0.445. The summed E-state index contributed by atoms with van der Waals surface area (Å²) >= 11 is 0. The molecule has 0 radical (unpaired) electrons. The molecule has 0 rings (SSSR count). The van der Waals surface area contributed by atoms with Crippen molar-refractivity contribution >= 4 is 22.7 Å². The van der Waals surface area contributed by atoms with E-state index in [1.807, 2.05) is 0 Å². The maximum atomic E-state index is 10.6. The second-order valence-electron chi connectivity index (χ2n) is 1.99. The van der Waals surface area contributed by atoms with Crippen LogP contribution in [0.4, 0.5) is 0 Å². The standard InChI is InChI=1S/C6H10O4S/c1-5(7)10-6(8)3-4-11(2)9/h3-4H2,1-2H3. The smallest absolute Gasteiger partial charge is 0.314 e. The molecule has 64 valence electrons. The van der Waals surface area contributed by atoms with E-state index in [1.54, 1.807) is 0 Å². The molecule has 5 heteroatoms. The zero-order valence-electron chi connectivity index (χ0n) is 6.46. The number of hydrogen-bond acceptors (Lipinski definition) is 4. The molecule has 0 saturated heterocycles. The summed E-state index contributed by atoms with van der Waals surface area (Å²) in [5.74, 6) is -1.00. The lowest BCUT2D eigenvalue weighted by Gasteiger charge is -1.96. The highest BCUT2D eigenvalue weighted by atomic mass is 32.2. The average Bonchev–Trinajstić information content (AvgIpc) is 1.82. The Morgan fingerprint density at radius 2 is 2.00 bits per heavy atom. The van der Waals surface area contributed by atoms with Gasteiger partial charge in [0.1, 0.15) is 0 Å². The summed E-state index contributed by atoms with van der Waals surface area (Å²) in [4.78, 5) is 20.8. The molecule has 0 fully saturated rings. The van der Waals surface area contributed by atoms with Gasteiger partial charge >= 0.3 is 11.9 Å². The van der Waals surface area contributed by atoms with E-state index in [1.165, 1.54) is 6.26 Å². The SMILES string of the molecule is CC(=O)OC(=O)CCS(C)=O. The Bertz CT molecular complexity index is 187. The highest BCUT2D eigenvalue weighted by molar-refractivity contribution is 7.84. The van der Waals surface area contributed by atoms with Crippen LogP contribution in [0.5, 0.6) is 0 Å². The second-order valence-corrected chi connectivity index (χ2v) is 3.55. The van der Waals surface area contributed by atoms with Gasteiger partial charge in [-0.1, -0.05) is 0 Å². The van der Waals surface area contributed by atoms with Crippen molar-refractivity contribution in [1.82, 2.24) is 0 Å². The molecule has 0 aromatic heterocycles. The lowest BCUT2D eigenvalue weighted by atomic mass is 10.5. The van der Waals surface area contributed by atoms with Gasteiger partial charge in [-0.25, -0.2) is 0 Å². The van der Waals surface area contributed by atoms with E-state index in [-0.39, 0.29) is 12.2 Å². The predicted molar refractivity (Wildman–Crippen MR) is 40.3 cm³/mol. The minimum Gasteiger partial charge on any atom is -0.393 e. The molecule has 11 heavy (non-hydrogen) atoms. The molecule has 0 saturated carbocycles. The van der Waals surface area contributed by atoms with Crippen molar-refractivity contribution in [3.63, 3.8) is 0 Å². The van der Waals surface area contributed by atoms with E-state index in [0.29, 0.717) is 0 Å². The summed E-state index contributed by atoms with van der Waals surface area (Å²) in [5.41, 5.74) is 0. The number of ether oxygens (including phenoxy) is 1. The lowest BCUT2D eigenvalue weighted by Crippen LogP contribution is -2.11. The average molecular weight is 178 g/mol. The number of rotatable bonds is 3. The monoisotopic (exact) mass is 178 g/mol. The van der Waals surface area contributed by atoms with E-state index < -0.39 is 22.7 Å². The molecule has 0 aromatic rings. The largest absolute Gasteiger partial charge is 0.393 e. The van der Waals surface area contributed by atoms with Gasteiger partial charge in [0.05, 0.1) is 6.42 Å². The van der Waals surface area contributed by atoms with Gasteiger partial charge in [-0.05, 0) is 0 Å². The van der Waals surface area contributed by atoms with Crippen LogP contribution in [-0.2, 0) is 25.1 Å². The molecular weight excluding hydrogens is 168 g/mol. The minimum atomic E-state index is -1.01. The first-order valence-electron chi connectivity index (χ1n) is 3.03. The van der Waals surface area contributed by atoms with Gasteiger partial charge in [-0.2, -0.15) is 0 Å². The van der Waals surface area contributed by atoms with Crippen molar-refractivity contribution in [1.29, 1.82) is 0 Å². The normalized spacial score (nSPS) is 12.2. The van der Waals surface area contributed by atoms with Crippen molar-refractivity contribution in [2.75, 3.05) is 12.0 Å². The fraction of sp³-hybridized carbons (Fsp3) is 0.667. The summed E-state index contributed by atoms with van der Waals surface area (Å²) in [6.07, 6.45) is 1.52. The summed E-state index contributed by atoms with van der Waals surface area (Å²) in [6, 6.07) is 0. The van der Waals surface area contributed by atoms with E-state index in [0.717, 1.165) is 6.92 Å². The van der Waals surface area contributed by atoms with Crippen LogP contribution in [0.3, 0.4) is 0 Å². The van der Waals surface area contributed by atoms with Gasteiger partial charge in [0.15, 0.2) is 0 Å². The molecule has 0 N–H and O–H groups in total. The van der Waals surface area contributed by atoms with Crippen LogP contribution >= 0.6 is 0 Å². The zero-order chi connectivity index (χ0) is 8.85. The Morgan fingerprint density at radius 3 is 2.36 bits per heavy atom. The number of carbonyl (C=O) groups is 2. The Kier molecular flexibility index (Phi) is 4.69. The van der Waals surface area contributed by atoms with Crippen LogP contribution in [0.25, 0.3) is 0 Å². The topological polar surface area (TPSA) is 60.4 Å². The van der Waals surface area contributed by atoms with Crippen LogP contribution in [0.15, 0.2) is 0 Å². The Balaban J connectivity index is 3.53. The first-order chi connectivity index (χ1) is 5.02. The summed E-state index contributed by atoms with van der Waals surface area (Å²) in [6.45, 7) is 1.15. The van der Waals surface area contributed by atoms with Gasteiger partial charge in [0, 0.05) is 29.7 Å². The second kappa shape index (κ2) is 5.01. The maximum absolute atomic E-state index is 10.6.